The Bertz CT molecular complexity index is 1260. The number of aliphatic hydroxyl groups is 1. The van der Waals surface area contributed by atoms with Crippen molar-refractivity contribution in [1.82, 2.24) is 14.8 Å². The minimum Gasteiger partial charge on any atom is -0.507 e. The molecule has 1 aliphatic heterocycles. The highest BCUT2D eigenvalue weighted by Crippen LogP contribution is 2.40. The van der Waals surface area contributed by atoms with E-state index in [1.165, 1.54) is 0 Å². The molecule has 1 aromatic heterocycles. The van der Waals surface area contributed by atoms with E-state index in [0.29, 0.717) is 30.9 Å². The molecular formula is C29H31N3O4. The number of ketones is 1. The van der Waals surface area contributed by atoms with Crippen LogP contribution < -0.4 is 4.74 Å². The van der Waals surface area contributed by atoms with Crippen LogP contribution in [0.1, 0.15) is 34.7 Å². The first-order chi connectivity index (χ1) is 17.4. The number of Topliss-reactive ketones (excluding diaryl/α,β-unsaturated/α-hetero) is 1. The Morgan fingerprint density at radius 2 is 1.78 bits per heavy atom. The molecule has 7 heteroatoms. The molecule has 1 N–H and O–H groups in total. The largest absolute Gasteiger partial charge is 0.507 e. The van der Waals surface area contributed by atoms with Gasteiger partial charge in [0.1, 0.15) is 18.1 Å². The average Bonchev–Trinajstić information content (AvgIpc) is 3.13. The molecule has 186 valence electrons. The summed E-state index contributed by atoms with van der Waals surface area (Å²) >= 11 is 0. The number of hydrogen-bond donors (Lipinski definition) is 1. The second-order valence-electron chi connectivity index (χ2n) is 9.18. The number of likely N-dealkylation sites (tertiary alicyclic amines) is 1. The van der Waals surface area contributed by atoms with Crippen molar-refractivity contribution in [2.24, 2.45) is 0 Å². The quantitative estimate of drug-likeness (QED) is 0.276. The van der Waals surface area contributed by atoms with E-state index < -0.39 is 17.7 Å². The van der Waals surface area contributed by atoms with Crippen molar-refractivity contribution in [3.63, 3.8) is 0 Å². The van der Waals surface area contributed by atoms with Gasteiger partial charge in [-0.25, -0.2) is 0 Å². The summed E-state index contributed by atoms with van der Waals surface area (Å²) in [4.78, 5) is 33.9. The van der Waals surface area contributed by atoms with Gasteiger partial charge in [-0.1, -0.05) is 30.3 Å². The zero-order chi connectivity index (χ0) is 25.7. The van der Waals surface area contributed by atoms with E-state index in [0.717, 1.165) is 23.2 Å². The highest BCUT2D eigenvalue weighted by molar-refractivity contribution is 6.46. The molecule has 0 bridgehead atoms. The summed E-state index contributed by atoms with van der Waals surface area (Å²) < 4.78 is 5.90. The second kappa shape index (κ2) is 11.2. The lowest BCUT2D eigenvalue weighted by molar-refractivity contribution is -0.139. The lowest BCUT2D eigenvalue weighted by Crippen LogP contribution is -2.32. The summed E-state index contributed by atoms with van der Waals surface area (Å²) in [6, 6.07) is 18.0. The first-order valence-corrected chi connectivity index (χ1v) is 12.0. The number of benzene rings is 2. The first kappa shape index (κ1) is 25.1. The fraction of sp³-hybridized carbons (Fsp3) is 0.276. The molecule has 1 unspecified atom stereocenters. The highest BCUT2D eigenvalue weighted by Gasteiger charge is 2.45. The van der Waals surface area contributed by atoms with Crippen LogP contribution in [0.25, 0.3) is 5.76 Å². The van der Waals surface area contributed by atoms with E-state index >= 15 is 0 Å². The van der Waals surface area contributed by atoms with Gasteiger partial charge in [-0.2, -0.15) is 0 Å². The summed E-state index contributed by atoms with van der Waals surface area (Å²) in [5.41, 5.74) is 3.11. The number of carbonyl (C=O) groups excluding carboxylic acids is 2. The van der Waals surface area contributed by atoms with Crippen LogP contribution in [0.5, 0.6) is 5.75 Å². The van der Waals surface area contributed by atoms with Crippen molar-refractivity contribution in [2.45, 2.75) is 26.0 Å². The summed E-state index contributed by atoms with van der Waals surface area (Å²) in [5, 5.41) is 11.4. The monoisotopic (exact) mass is 485 g/mol. The molecule has 2 heterocycles. The Hall–Kier alpha value is -3.97. The number of aromatic nitrogens is 1. The molecule has 0 spiro atoms. The van der Waals surface area contributed by atoms with E-state index in [1.807, 2.05) is 62.3 Å². The van der Waals surface area contributed by atoms with E-state index in [4.69, 9.17) is 4.74 Å². The molecule has 1 amide bonds. The van der Waals surface area contributed by atoms with Crippen LogP contribution in [0.15, 0.2) is 78.6 Å². The number of aryl methyl sites for hydroxylation is 1. The topological polar surface area (TPSA) is 83.0 Å². The molecule has 36 heavy (non-hydrogen) atoms. The Morgan fingerprint density at radius 3 is 2.44 bits per heavy atom. The van der Waals surface area contributed by atoms with Crippen LogP contribution in [0.4, 0.5) is 0 Å². The molecule has 1 fully saturated rings. The van der Waals surface area contributed by atoms with Gasteiger partial charge < -0.3 is 19.6 Å². The van der Waals surface area contributed by atoms with Crippen molar-refractivity contribution >= 4 is 17.4 Å². The minimum absolute atomic E-state index is 0.0945. The Morgan fingerprint density at radius 1 is 1.06 bits per heavy atom. The van der Waals surface area contributed by atoms with Gasteiger partial charge in [-0.05, 0) is 81.0 Å². The van der Waals surface area contributed by atoms with Crippen molar-refractivity contribution in [3.8, 4) is 5.75 Å². The van der Waals surface area contributed by atoms with Crippen LogP contribution in [-0.2, 0) is 16.2 Å². The molecule has 0 aliphatic carbocycles. The van der Waals surface area contributed by atoms with Gasteiger partial charge in [-0.3, -0.25) is 14.6 Å². The zero-order valence-corrected chi connectivity index (χ0v) is 20.8. The number of carbonyl (C=O) groups is 2. The zero-order valence-electron chi connectivity index (χ0n) is 20.8. The van der Waals surface area contributed by atoms with Crippen molar-refractivity contribution < 1.29 is 19.4 Å². The Labute approximate surface area is 211 Å². The predicted octanol–water partition coefficient (Wildman–Crippen LogP) is 4.34. The third kappa shape index (κ3) is 5.47. The van der Waals surface area contributed by atoms with Crippen LogP contribution in [-0.4, -0.2) is 58.8 Å². The van der Waals surface area contributed by atoms with Crippen molar-refractivity contribution in [1.29, 1.82) is 0 Å². The van der Waals surface area contributed by atoms with E-state index in [2.05, 4.69) is 4.98 Å². The molecule has 1 aliphatic rings. The summed E-state index contributed by atoms with van der Waals surface area (Å²) in [6.45, 7) is 3.44. The molecule has 7 nitrogen and oxygen atoms in total. The standard InChI is InChI=1S/C29H31N3O4/c1-20-18-23(36-19-21-8-5-4-6-9-21)10-11-24(20)27(33)25-26(22-12-14-30-15-13-22)32(29(35)28(25)34)17-7-16-31(2)3/h4-6,8-15,18,26,33H,7,16-17,19H2,1-3H3. The minimum atomic E-state index is -0.678. The van der Waals surface area contributed by atoms with Gasteiger partial charge in [0.25, 0.3) is 11.7 Å². The lowest BCUT2D eigenvalue weighted by Gasteiger charge is -2.26. The molecule has 2 aromatic carbocycles. The number of ether oxygens (including phenoxy) is 1. The lowest BCUT2D eigenvalue weighted by atomic mass is 9.94. The number of pyridine rings is 1. The SMILES string of the molecule is Cc1cc(OCc2ccccc2)ccc1C(O)=C1C(=O)C(=O)N(CCCN(C)C)C1c1ccncc1. The molecule has 1 saturated heterocycles. The van der Waals surface area contributed by atoms with Crippen molar-refractivity contribution in [3.05, 3.63) is 101 Å². The third-order valence-electron chi connectivity index (χ3n) is 6.27. The predicted molar refractivity (Wildman–Crippen MR) is 138 cm³/mol. The molecule has 0 radical (unpaired) electrons. The second-order valence-corrected chi connectivity index (χ2v) is 9.18. The molecule has 1 atom stereocenters. The molecule has 0 saturated carbocycles. The third-order valence-corrected chi connectivity index (χ3v) is 6.27. The normalized spacial score (nSPS) is 17.1. The molecular weight excluding hydrogens is 454 g/mol. The summed E-state index contributed by atoms with van der Waals surface area (Å²) in [5.74, 6) is -0.805. The van der Waals surface area contributed by atoms with E-state index in [-0.39, 0.29) is 11.3 Å². The fourth-order valence-electron chi connectivity index (χ4n) is 4.44. The smallest absolute Gasteiger partial charge is 0.295 e. The maximum atomic E-state index is 13.2. The molecule has 3 aromatic rings. The van der Waals surface area contributed by atoms with Crippen LogP contribution in [0, 0.1) is 6.92 Å². The Kier molecular flexibility index (Phi) is 7.80. The van der Waals surface area contributed by atoms with Gasteiger partial charge in [0.15, 0.2) is 0 Å². The van der Waals surface area contributed by atoms with Gasteiger partial charge in [0, 0.05) is 24.5 Å². The number of amides is 1. The van der Waals surface area contributed by atoms with Crippen molar-refractivity contribution in [2.75, 3.05) is 27.2 Å². The van der Waals surface area contributed by atoms with Gasteiger partial charge >= 0.3 is 0 Å². The average molecular weight is 486 g/mol. The van der Waals surface area contributed by atoms with Gasteiger partial charge in [0.2, 0.25) is 0 Å². The summed E-state index contributed by atoms with van der Waals surface area (Å²) in [6.07, 6.45) is 3.95. The number of nitrogens with zero attached hydrogens (tertiary/aromatic N) is 3. The molecule has 4 rings (SSSR count). The van der Waals surface area contributed by atoms with Gasteiger partial charge in [0.05, 0.1) is 11.6 Å². The van der Waals surface area contributed by atoms with Gasteiger partial charge in [-0.15, -0.1) is 0 Å². The van der Waals surface area contributed by atoms with Crippen LogP contribution >= 0.6 is 0 Å². The van der Waals surface area contributed by atoms with E-state index in [9.17, 15) is 14.7 Å². The number of hydrogen-bond acceptors (Lipinski definition) is 6. The Balaban J connectivity index is 1.66. The summed E-state index contributed by atoms with van der Waals surface area (Å²) in [7, 11) is 3.93. The van der Waals surface area contributed by atoms with Crippen LogP contribution in [0.2, 0.25) is 0 Å². The van der Waals surface area contributed by atoms with E-state index in [1.54, 1.807) is 41.6 Å². The highest BCUT2D eigenvalue weighted by atomic mass is 16.5. The maximum absolute atomic E-state index is 13.2. The fourth-order valence-corrected chi connectivity index (χ4v) is 4.44. The maximum Gasteiger partial charge on any atom is 0.295 e. The first-order valence-electron chi connectivity index (χ1n) is 12.0. The van der Waals surface area contributed by atoms with Crippen LogP contribution in [0.3, 0.4) is 0 Å². The number of rotatable bonds is 9. The number of aliphatic hydroxyl groups excluding tert-OH is 1.